The van der Waals surface area contributed by atoms with Gasteiger partial charge in [0.15, 0.2) is 17.5 Å². The van der Waals surface area contributed by atoms with Crippen molar-refractivity contribution < 1.29 is 4.42 Å². The summed E-state index contributed by atoms with van der Waals surface area (Å²) in [5.74, 6) is 1.83. The van der Waals surface area contributed by atoms with Gasteiger partial charge in [0.2, 0.25) is 0 Å². The Morgan fingerprint density at radius 3 is 1.74 bits per heavy atom. The molecule has 0 aliphatic carbocycles. The van der Waals surface area contributed by atoms with Gasteiger partial charge in [0.05, 0.1) is 11.0 Å². The van der Waals surface area contributed by atoms with E-state index in [2.05, 4.69) is 181 Å². The van der Waals surface area contributed by atoms with Crippen LogP contribution in [0.15, 0.2) is 205 Å². The number of unbranched alkanes of at least 4 members (excludes halogenated alkanes) is 1. The van der Waals surface area contributed by atoms with Crippen molar-refractivity contribution in [3.8, 4) is 62.1 Å². The summed E-state index contributed by atoms with van der Waals surface area (Å²) < 4.78 is 9.42. The Morgan fingerprint density at radius 2 is 0.985 bits per heavy atom. The molecule has 0 unspecified atom stereocenters. The van der Waals surface area contributed by atoms with Crippen molar-refractivity contribution >= 4 is 65.3 Å². The summed E-state index contributed by atoms with van der Waals surface area (Å²) in [6.07, 6.45) is 3.52. The molecule has 0 amide bonds. The SMILES string of the molecule is CCCCc1ccc(-c2ccc(-c3nc(-c4ccccc4)nc(-c4ccc5c(c4)oc4c(-c6ccc7c8c6c6ccccc6c6cccc(c68)n7-c6ccccc6)cccc45)n3)cc2)cc1. The number of furan rings is 1. The Morgan fingerprint density at radius 1 is 0.409 bits per heavy atom. The number of fused-ring (bicyclic) bond motifs is 6. The largest absolute Gasteiger partial charge is 0.455 e. The molecule has 0 atom stereocenters. The second kappa shape index (κ2) is 15.4. The second-order valence-corrected chi connectivity index (χ2v) is 17.3. The standard InChI is InChI=1S/C61H42N4O/c1-2-3-14-38-25-27-39(28-26-38)40-29-31-42(32-30-40)60-62-59(41-15-6-4-7-16-41)63-61(64-60)43-33-34-46-50-22-12-23-51(58(50)66-54(46)37-43)49-35-36-53-57-55(49)47-20-11-10-19-45(47)48-21-13-24-52(56(48)57)65(53)44-17-8-5-9-18-44/h4-13,15-37H,2-3,14H2,1H3. The smallest absolute Gasteiger partial charge is 0.164 e. The van der Waals surface area contributed by atoms with E-state index < -0.39 is 0 Å². The number of nitrogens with zero attached hydrogens (tertiary/aromatic N) is 4. The van der Waals surface area contributed by atoms with Gasteiger partial charge in [0, 0.05) is 54.9 Å². The van der Waals surface area contributed by atoms with E-state index in [1.807, 2.05) is 30.3 Å². The van der Waals surface area contributed by atoms with Crippen LogP contribution < -0.4 is 0 Å². The molecular formula is C61H42N4O. The van der Waals surface area contributed by atoms with E-state index in [-0.39, 0.29) is 0 Å². The molecule has 0 spiro atoms. The summed E-state index contributed by atoms with van der Waals surface area (Å²) in [6, 6.07) is 71.3. The summed E-state index contributed by atoms with van der Waals surface area (Å²) >= 11 is 0. The van der Waals surface area contributed by atoms with Crippen molar-refractivity contribution in [1.29, 1.82) is 0 Å². The highest BCUT2D eigenvalue weighted by atomic mass is 16.3. The van der Waals surface area contributed by atoms with Crippen LogP contribution in [0.1, 0.15) is 25.3 Å². The van der Waals surface area contributed by atoms with Crippen LogP contribution >= 0.6 is 0 Å². The third-order valence-corrected chi connectivity index (χ3v) is 13.4. The van der Waals surface area contributed by atoms with Gasteiger partial charge in [-0.15, -0.1) is 0 Å². The Bertz CT molecular complexity index is 3940. The number of benzene rings is 10. The van der Waals surface area contributed by atoms with Gasteiger partial charge in [0.25, 0.3) is 0 Å². The maximum atomic E-state index is 7.01. The van der Waals surface area contributed by atoms with E-state index in [1.165, 1.54) is 67.3 Å². The Kier molecular flexibility index (Phi) is 8.88. The number of para-hydroxylation sites is 2. The molecule has 5 heteroatoms. The number of hydrogen-bond acceptors (Lipinski definition) is 4. The highest BCUT2D eigenvalue weighted by Gasteiger charge is 2.24. The van der Waals surface area contributed by atoms with Crippen LogP contribution in [-0.4, -0.2) is 19.5 Å². The second-order valence-electron chi connectivity index (χ2n) is 17.3. The fourth-order valence-corrected chi connectivity index (χ4v) is 10.2. The molecule has 5 nitrogen and oxygen atoms in total. The molecule has 0 radical (unpaired) electrons. The van der Waals surface area contributed by atoms with E-state index in [4.69, 9.17) is 19.4 Å². The zero-order chi connectivity index (χ0) is 43.7. The van der Waals surface area contributed by atoms with Crippen LogP contribution in [-0.2, 0) is 6.42 Å². The first-order valence-electron chi connectivity index (χ1n) is 22.9. The van der Waals surface area contributed by atoms with Crippen molar-refractivity contribution in [2.45, 2.75) is 26.2 Å². The lowest BCUT2D eigenvalue weighted by atomic mass is 9.89. The van der Waals surface area contributed by atoms with Gasteiger partial charge in [-0.3, -0.25) is 0 Å². The third kappa shape index (κ3) is 6.12. The monoisotopic (exact) mass is 846 g/mol. The predicted molar refractivity (Wildman–Crippen MR) is 273 cm³/mol. The van der Waals surface area contributed by atoms with Crippen molar-refractivity contribution in [2.24, 2.45) is 0 Å². The van der Waals surface area contributed by atoms with Gasteiger partial charge < -0.3 is 8.98 Å². The predicted octanol–water partition coefficient (Wildman–Crippen LogP) is 16.3. The molecular weight excluding hydrogens is 805 g/mol. The summed E-state index contributed by atoms with van der Waals surface area (Å²) in [4.78, 5) is 15.2. The number of hydrogen-bond donors (Lipinski definition) is 0. The molecule has 0 fully saturated rings. The van der Waals surface area contributed by atoms with E-state index in [0.29, 0.717) is 17.5 Å². The van der Waals surface area contributed by atoms with Gasteiger partial charge >= 0.3 is 0 Å². The van der Waals surface area contributed by atoms with E-state index in [0.717, 1.165) is 67.4 Å². The summed E-state index contributed by atoms with van der Waals surface area (Å²) in [6.45, 7) is 2.24. The molecule has 13 aromatic rings. The Balaban J connectivity index is 0.948. The van der Waals surface area contributed by atoms with Crippen LogP contribution in [0.4, 0.5) is 0 Å². The minimum absolute atomic E-state index is 0.588. The molecule has 0 aliphatic rings. The quantitative estimate of drug-likeness (QED) is 0.136. The molecule has 0 saturated carbocycles. The maximum absolute atomic E-state index is 7.01. The summed E-state index contributed by atoms with van der Waals surface area (Å²) in [5.41, 5.74) is 13.8. The lowest BCUT2D eigenvalue weighted by Gasteiger charge is -2.13. The van der Waals surface area contributed by atoms with Gasteiger partial charge in [-0.05, 0) is 87.7 Å². The molecule has 312 valence electrons. The molecule has 10 aromatic carbocycles. The first kappa shape index (κ1) is 38.1. The lowest BCUT2D eigenvalue weighted by Crippen LogP contribution is -2.00. The van der Waals surface area contributed by atoms with Gasteiger partial charge in [-0.1, -0.05) is 177 Å². The van der Waals surface area contributed by atoms with Crippen LogP contribution in [0, 0.1) is 0 Å². The number of aryl methyl sites for hydroxylation is 1. The minimum Gasteiger partial charge on any atom is -0.455 e. The minimum atomic E-state index is 0.588. The van der Waals surface area contributed by atoms with Gasteiger partial charge in [0.1, 0.15) is 11.2 Å². The van der Waals surface area contributed by atoms with E-state index >= 15 is 0 Å². The average molecular weight is 847 g/mol. The van der Waals surface area contributed by atoms with Crippen LogP contribution in [0.5, 0.6) is 0 Å². The molecule has 3 heterocycles. The normalized spacial score (nSPS) is 11.9. The zero-order valence-corrected chi connectivity index (χ0v) is 36.4. The molecule has 0 aliphatic heterocycles. The third-order valence-electron chi connectivity index (χ3n) is 13.4. The van der Waals surface area contributed by atoms with Crippen molar-refractivity contribution in [3.05, 3.63) is 206 Å². The topological polar surface area (TPSA) is 56.7 Å². The first-order chi connectivity index (χ1) is 32.7. The van der Waals surface area contributed by atoms with Crippen LogP contribution in [0.3, 0.4) is 0 Å². The summed E-state index contributed by atoms with van der Waals surface area (Å²) in [5, 5.41) is 9.62. The van der Waals surface area contributed by atoms with Crippen molar-refractivity contribution in [2.75, 3.05) is 0 Å². The Hall–Kier alpha value is -8.41. The lowest BCUT2D eigenvalue weighted by molar-refractivity contribution is 0.670. The molecule has 66 heavy (non-hydrogen) atoms. The fraction of sp³-hybridized carbons (Fsp3) is 0.0656. The van der Waals surface area contributed by atoms with E-state index in [9.17, 15) is 0 Å². The summed E-state index contributed by atoms with van der Waals surface area (Å²) in [7, 11) is 0. The first-order valence-corrected chi connectivity index (χ1v) is 22.9. The highest BCUT2D eigenvalue weighted by molar-refractivity contribution is 6.37. The van der Waals surface area contributed by atoms with Crippen LogP contribution in [0.25, 0.3) is 127 Å². The Labute approximate surface area is 381 Å². The van der Waals surface area contributed by atoms with Crippen LogP contribution in [0.2, 0.25) is 0 Å². The molecule has 13 rings (SSSR count). The molecule has 0 saturated heterocycles. The van der Waals surface area contributed by atoms with E-state index in [1.54, 1.807) is 0 Å². The highest BCUT2D eigenvalue weighted by Crippen LogP contribution is 2.48. The maximum Gasteiger partial charge on any atom is 0.164 e. The molecule has 0 bridgehead atoms. The average Bonchev–Trinajstić information content (AvgIpc) is 3.94. The zero-order valence-electron chi connectivity index (χ0n) is 36.4. The van der Waals surface area contributed by atoms with Gasteiger partial charge in [-0.2, -0.15) is 0 Å². The molecule has 0 N–H and O–H groups in total. The van der Waals surface area contributed by atoms with Gasteiger partial charge in [-0.25, -0.2) is 15.0 Å². The number of rotatable bonds is 9. The van der Waals surface area contributed by atoms with Crippen molar-refractivity contribution in [3.63, 3.8) is 0 Å². The fourth-order valence-electron chi connectivity index (χ4n) is 10.2. The van der Waals surface area contributed by atoms with Crippen molar-refractivity contribution in [1.82, 2.24) is 19.5 Å². The molecule has 3 aromatic heterocycles. The number of aromatic nitrogens is 4.